The summed E-state index contributed by atoms with van der Waals surface area (Å²) in [6.45, 7) is 4.68. The van der Waals surface area contributed by atoms with Gasteiger partial charge in [-0.25, -0.2) is 0 Å². The van der Waals surface area contributed by atoms with Crippen LogP contribution < -0.4 is 10.2 Å². The Balaban J connectivity index is 4.10. The highest BCUT2D eigenvalue weighted by Gasteiger charge is 2.23. The Morgan fingerprint density at radius 2 is 0.857 bits per heavy atom. The maximum absolute atomic E-state index is 12.9. The van der Waals surface area contributed by atoms with Gasteiger partial charge in [-0.2, -0.15) is 0 Å². The highest BCUT2D eigenvalue weighted by Crippen LogP contribution is 2.38. The summed E-state index contributed by atoms with van der Waals surface area (Å²) in [5, 5.41) is 13.8. The SMILES string of the molecule is CCCCCCCCCCCCCC/C=C/C(O)C(COP(=O)([O-])OCC[N+](C)(C)C)NC(=O)CCCCCCCCCCCCCCCCCCCCCCCCCCCCC. The summed E-state index contributed by atoms with van der Waals surface area (Å²) in [5.74, 6) is -0.191. The lowest BCUT2D eigenvalue weighted by Crippen LogP contribution is -2.45. The number of aliphatic hydroxyl groups excluding tert-OH is 1. The van der Waals surface area contributed by atoms with E-state index in [0.717, 1.165) is 38.5 Å². The predicted octanol–water partition coefficient (Wildman–Crippen LogP) is 15.6. The van der Waals surface area contributed by atoms with Crippen LogP contribution in [0.1, 0.15) is 277 Å². The predicted molar refractivity (Wildman–Crippen MR) is 270 cm³/mol. The minimum Gasteiger partial charge on any atom is -0.756 e. The van der Waals surface area contributed by atoms with Crippen molar-refractivity contribution in [2.24, 2.45) is 0 Å². The molecule has 3 unspecified atom stereocenters. The quantitative estimate of drug-likeness (QED) is 0.0272. The molecule has 8 nitrogen and oxygen atoms in total. The number of unbranched alkanes of at least 4 members (excludes halogenated alkanes) is 38. The summed E-state index contributed by atoms with van der Waals surface area (Å²) in [6.07, 6.45) is 55.7. The molecule has 0 aliphatic carbocycles. The van der Waals surface area contributed by atoms with Crippen LogP contribution in [0.15, 0.2) is 12.2 Å². The summed E-state index contributed by atoms with van der Waals surface area (Å²) in [4.78, 5) is 25.4. The molecule has 0 aromatic carbocycles. The van der Waals surface area contributed by atoms with Crippen molar-refractivity contribution in [2.45, 2.75) is 289 Å². The van der Waals surface area contributed by atoms with Crippen LogP contribution in [0, 0.1) is 0 Å². The first-order valence-corrected chi connectivity index (χ1v) is 29.0. The molecule has 0 spiro atoms. The van der Waals surface area contributed by atoms with Gasteiger partial charge in [-0.3, -0.25) is 9.36 Å². The van der Waals surface area contributed by atoms with Gasteiger partial charge in [0.2, 0.25) is 5.91 Å². The number of nitrogens with one attached hydrogen (secondary N) is 1. The van der Waals surface area contributed by atoms with Gasteiger partial charge >= 0.3 is 0 Å². The van der Waals surface area contributed by atoms with E-state index in [0.29, 0.717) is 17.4 Å². The molecule has 3 atom stereocenters. The Bertz CT molecular complexity index is 1040. The monoisotopic (exact) mass is 913 g/mol. The first-order chi connectivity index (χ1) is 30.5. The van der Waals surface area contributed by atoms with E-state index in [1.54, 1.807) is 6.08 Å². The number of quaternary nitrogens is 1. The number of carbonyl (C=O) groups is 1. The van der Waals surface area contributed by atoms with Gasteiger partial charge in [0.15, 0.2) is 0 Å². The summed E-state index contributed by atoms with van der Waals surface area (Å²) in [6, 6.07) is -0.881. The standard InChI is InChI=1S/C54H109N2O6P/c1-6-8-10-12-14-16-18-20-22-23-24-25-26-27-28-29-30-31-32-33-34-36-38-40-42-44-46-48-54(58)55-52(51-62-63(59,60)61-50-49-56(3,4)5)53(57)47-45-43-41-39-37-35-21-19-17-15-13-11-9-7-2/h45,47,52-53,57H,6-44,46,48-51H2,1-5H3,(H-,55,58,59,60)/b47-45+. The molecule has 63 heavy (non-hydrogen) atoms. The second-order valence-corrected chi connectivity index (χ2v) is 21.7. The zero-order valence-electron chi connectivity index (χ0n) is 42.8. The van der Waals surface area contributed by atoms with Crippen LogP contribution in [-0.2, 0) is 18.4 Å². The summed E-state index contributed by atoms with van der Waals surface area (Å²) >= 11 is 0. The van der Waals surface area contributed by atoms with Gasteiger partial charge in [0.25, 0.3) is 7.82 Å². The van der Waals surface area contributed by atoms with Crippen LogP contribution in [0.2, 0.25) is 0 Å². The van der Waals surface area contributed by atoms with Crippen LogP contribution in [-0.4, -0.2) is 68.5 Å². The van der Waals surface area contributed by atoms with Crippen molar-refractivity contribution >= 4 is 13.7 Å². The third-order valence-electron chi connectivity index (χ3n) is 12.7. The Hall–Kier alpha value is -0.760. The topological polar surface area (TPSA) is 108 Å². The molecule has 0 saturated heterocycles. The molecule has 0 aliphatic heterocycles. The fraction of sp³-hybridized carbons (Fsp3) is 0.944. The normalized spacial score (nSPS) is 14.1. The molecular weight excluding hydrogens is 804 g/mol. The molecule has 2 N–H and O–H groups in total. The van der Waals surface area contributed by atoms with Crippen LogP contribution in [0.4, 0.5) is 0 Å². The lowest BCUT2D eigenvalue weighted by Gasteiger charge is -2.29. The van der Waals surface area contributed by atoms with Gasteiger partial charge in [0.05, 0.1) is 39.9 Å². The Kier molecular flexibility index (Phi) is 45.8. The zero-order chi connectivity index (χ0) is 46.4. The summed E-state index contributed by atoms with van der Waals surface area (Å²) in [7, 11) is 1.28. The molecule has 0 aromatic heterocycles. The smallest absolute Gasteiger partial charge is 0.268 e. The van der Waals surface area contributed by atoms with Gasteiger partial charge in [0, 0.05) is 6.42 Å². The van der Waals surface area contributed by atoms with Crippen molar-refractivity contribution < 1.29 is 32.9 Å². The molecule has 0 radical (unpaired) electrons. The number of aliphatic hydroxyl groups is 1. The Morgan fingerprint density at radius 3 is 1.19 bits per heavy atom. The number of nitrogens with zero attached hydrogens (tertiary/aromatic N) is 1. The number of phosphoric ester groups is 1. The van der Waals surface area contributed by atoms with Crippen LogP contribution in [0.25, 0.3) is 0 Å². The average Bonchev–Trinajstić information content (AvgIpc) is 3.24. The summed E-state index contributed by atoms with van der Waals surface area (Å²) < 4.78 is 23.3. The van der Waals surface area contributed by atoms with Crippen molar-refractivity contribution in [3.63, 3.8) is 0 Å². The van der Waals surface area contributed by atoms with E-state index in [-0.39, 0.29) is 19.1 Å². The lowest BCUT2D eigenvalue weighted by atomic mass is 10.0. The molecule has 1 amide bonds. The maximum atomic E-state index is 12.9. The Labute approximate surface area is 392 Å². The van der Waals surface area contributed by atoms with Gasteiger partial charge in [-0.05, 0) is 19.3 Å². The first kappa shape index (κ1) is 62.2. The number of carbonyl (C=O) groups excluding carboxylic acids is 1. The van der Waals surface area contributed by atoms with Gasteiger partial charge < -0.3 is 28.8 Å². The van der Waals surface area contributed by atoms with Crippen molar-refractivity contribution in [1.29, 1.82) is 0 Å². The third kappa shape index (κ3) is 49.0. The highest BCUT2D eigenvalue weighted by molar-refractivity contribution is 7.45. The largest absolute Gasteiger partial charge is 0.756 e. The van der Waals surface area contributed by atoms with Crippen molar-refractivity contribution in [1.82, 2.24) is 5.32 Å². The van der Waals surface area contributed by atoms with Crippen molar-refractivity contribution in [3.8, 4) is 0 Å². The molecule has 0 saturated carbocycles. The maximum Gasteiger partial charge on any atom is 0.268 e. The van der Waals surface area contributed by atoms with E-state index in [1.807, 2.05) is 27.2 Å². The van der Waals surface area contributed by atoms with Crippen molar-refractivity contribution in [2.75, 3.05) is 40.9 Å². The molecular formula is C54H109N2O6P. The highest BCUT2D eigenvalue weighted by atomic mass is 31.2. The number of hydrogen-bond donors (Lipinski definition) is 2. The van der Waals surface area contributed by atoms with E-state index >= 15 is 0 Å². The van der Waals surface area contributed by atoms with Gasteiger partial charge in [0.1, 0.15) is 13.2 Å². The zero-order valence-corrected chi connectivity index (χ0v) is 43.7. The molecule has 9 heteroatoms. The van der Waals surface area contributed by atoms with Crippen LogP contribution >= 0.6 is 7.82 Å². The number of allylic oxidation sites excluding steroid dienone is 1. The molecule has 376 valence electrons. The third-order valence-corrected chi connectivity index (χ3v) is 13.7. The van der Waals surface area contributed by atoms with Gasteiger partial charge in [-0.15, -0.1) is 0 Å². The molecule has 0 rings (SSSR count). The van der Waals surface area contributed by atoms with E-state index in [9.17, 15) is 19.4 Å². The molecule has 0 bridgehead atoms. The fourth-order valence-electron chi connectivity index (χ4n) is 8.39. The second kappa shape index (κ2) is 46.4. The van der Waals surface area contributed by atoms with E-state index in [1.165, 1.54) is 218 Å². The number of likely N-dealkylation sites (N-methyl/N-ethyl adjacent to an activating group) is 1. The molecule has 0 fully saturated rings. The van der Waals surface area contributed by atoms with Crippen LogP contribution in [0.3, 0.4) is 0 Å². The second-order valence-electron chi connectivity index (χ2n) is 20.3. The van der Waals surface area contributed by atoms with E-state index in [4.69, 9.17) is 9.05 Å². The average molecular weight is 913 g/mol. The lowest BCUT2D eigenvalue weighted by molar-refractivity contribution is -0.870. The number of phosphoric acid groups is 1. The van der Waals surface area contributed by atoms with E-state index < -0.39 is 20.0 Å². The van der Waals surface area contributed by atoms with Crippen molar-refractivity contribution in [3.05, 3.63) is 12.2 Å². The van der Waals surface area contributed by atoms with Gasteiger partial charge in [-0.1, -0.05) is 264 Å². The minimum atomic E-state index is -4.59. The fourth-order valence-corrected chi connectivity index (χ4v) is 9.11. The van der Waals surface area contributed by atoms with Crippen LogP contribution in [0.5, 0.6) is 0 Å². The number of amides is 1. The molecule has 0 aliphatic rings. The molecule has 0 aromatic rings. The minimum absolute atomic E-state index is 0.00242. The number of rotatable bonds is 51. The number of hydrogen-bond acceptors (Lipinski definition) is 6. The molecule has 0 heterocycles. The Morgan fingerprint density at radius 1 is 0.540 bits per heavy atom. The first-order valence-electron chi connectivity index (χ1n) is 27.6. The summed E-state index contributed by atoms with van der Waals surface area (Å²) in [5.41, 5.74) is 0. The van der Waals surface area contributed by atoms with E-state index in [2.05, 4.69) is 19.2 Å².